The molecule has 2 aromatic rings. The third-order valence-corrected chi connectivity index (χ3v) is 7.87. The topological polar surface area (TPSA) is 38.8 Å². The highest BCUT2D eigenvalue weighted by atomic mass is 28.4. The predicted molar refractivity (Wildman–Crippen MR) is 85.4 cm³/mol. The summed E-state index contributed by atoms with van der Waals surface area (Å²) >= 11 is 0. The van der Waals surface area contributed by atoms with Crippen LogP contribution in [0.4, 0.5) is 0 Å². The number of hydrogen-bond donors (Lipinski definition) is 0. The van der Waals surface area contributed by atoms with Crippen LogP contribution in [0.2, 0.25) is 0 Å². The van der Waals surface area contributed by atoms with Gasteiger partial charge in [-0.2, -0.15) is 0 Å². The molecule has 0 bridgehead atoms. The summed E-state index contributed by atoms with van der Waals surface area (Å²) in [5, 5.41) is 0. The van der Waals surface area contributed by atoms with Crippen LogP contribution in [0.5, 0.6) is 0 Å². The second-order valence-electron chi connectivity index (χ2n) is 5.36. The maximum Gasteiger partial charge on any atom is 0.220 e. The van der Waals surface area contributed by atoms with Gasteiger partial charge in [-0.1, -0.05) is 13.8 Å². The van der Waals surface area contributed by atoms with Crippen LogP contribution in [0.3, 0.4) is 0 Å². The molecule has 0 radical (unpaired) electrons. The minimum atomic E-state index is -2.05. The Balaban J connectivity index is 2.20. The number of rotatable bonds is 9. The zero-order chi connectivity index (χ0) is 15.1. The van der Waals surface area contributed by atoms with Crippen molar-refractivity contribution in [3.05, 3.63) is 48.3 Å². The molecule has 2 aromatic heterocycles. The van der Waals surface area contributed by atoms with Gasteiger partial charge in [0.2, 0.25) is 8.32 Å². The van der Waals surface area contributed by atoms with E-state index in [-0.39, 0.29) is 0 Å². The summed E-state index contributed by atoms with van der Waals surface area (Å²) in [6, 6.07) is 9.68. The Morgan fingerprint density at radius 1 is 1.00 bits per heavy atom. The van der Waals surface area contributed by atoms with E-state index >= 15 is 0 Å². The van der Waals surface area contributed by atoms with Gasteiger partial charge in [-0.3, -0.25) is 0 Å². The van der Waals surface area contributed by atoms with Gasteiger partial charge < -0.3 is 18.2 Å². The largest absolute Gasteiger partial charge is 0.470 e. The SMILES string of the molecule is CCN(CC)C[Si](Cc1ccco1)(Cc1ccco1)OC. The molecule has 0 unspecified atom stereocenters. The summed E-state index contributed by atoms with van der Waals surface area (Å²) < 4.78 is 17.2. The lowest BCUT2D eigenvalue weighted by atomic mass is 10.5. The van der Waals surface area contributed by atoms with Gasteiger partial charge in [-0.15, -0.1) is 0 Å². The molecule has 0 aliphatic rings. The van der Waals surface area contributed by atoms with Crippen LogP contribution in [0.1, 0.15) is 25.4 Å². The molecule has 0 aromatic carbocycles. The first-order valence-corrected chi connectivity index (χ1v) is 10.1. The van der Waals surface area contributed by atoms with Crippen LogP contribution in [0, 0.1) is 0 Å². The summed E-state index contributed by atoms with van der Waals surface area (Å²) in [5.41, 5.74) is 0. The number of hydrogen-bond acceptors (Lipinski definition) is 4. The van der Waals surface area contributed by atoms with Gasteiger partial charge in [0, 0.05) is 25.4 Å². The van der Waals surface area contributed by atoms with Crippen LogP contribution in [0.15, 0.2) is 45.6 Å². The molecule has 2 rings (SSSR count). The Hall–Kier alpha value is -1.30. The quantitative estimate of drug-likeness (QED) is 0.667. The lowest BCUT2D eigenvalue weighted by molar-refractivity contribution is 0.297. The minimum Gasteiger partial charge on any atom is -0.470 e. The highest BCUT2D eigenvalue weighted by Gasteiger charge is 2.38. The molecule has 0 saturated carbocycles. The molecule has 0 saturated heterocycles. The maximum atomic E-state index is 6.10. The van der Waals surface area contributed by atoms with Crippen LogP contribution < -0.4 is 0 Å². The third kappa shape index (κ3) is 4.33. The molecular weight excluding hydrogens is 282 g/mol. The fraction of sp³-hybridized carbons (Fsp3) is 0.500. The molecular formula is C16H25NO3Si. The molecule has 0 aliphatic heterocycles. The Morgan fingerprint density at radius 2 is 1.52 bits per heavy atom. The minimum absolute atomic E-state index is 0.869. The number of nitrogens with zero attached hydrogens (tertiary/aromatic N) is 1. The summed E-state index contributed by atoms with van der Waals surface area (Å²) in [6.07, 6.45) is 4.45. The average Bonchev–Trinajstić information content (AvgIpc) is 3.18. The van der Waals surface area contributed by atoms with Gasteiger partial charge in [-0.25, -0.2) is 0 Å². The van der Waals surface area contributed by atoms with Crippen molar-refractivity contribution in [2.75, 3.05) is 26.4 Å². The molecule has 4 nitrogen and oxygen atoms in total. The Morgan fingerprint density at radius 3 is 1.86 bits per heavy atom. The van der Waals surface area contributed by atoms with Crippen molar-refractivity contribution in [1.82, 2.24) is 4.90 Å². The summed E-state index contributed by atoms with van der Waals surface area (Å²) in [6.45, 7) is 6.45. The van der Waals surface area contributed by atoms with E-state index in [1.807, 2.05) is 31.4 Å². The maximum absolute atomic E-state index is 6.10. The first-order chi connectivity index (χ1) is 10.2. The van der Waals surface area contributed by atoms with E-state index in [9.17, 15) is 0 Å². The molecule has 21 heavy (non-hydrogen) atoms. The van der Waals surface area contributed by atoms with Crippen LogP contribution in [-0.2, 0) is 16.5 Å². The fourth-order valence-electron chi connectivity index (χ4n) is 2.70. The first kappa shape index (κ1) is 16.1. The fourth-order valence-corrected chi connectivity index (χ4v) is 6.40. The van der Waals surface area contributed by atoms with Gasteiger partial charge >= 0.3 is 0 Å². The smallest absolute Gasteiger partial charge is 0.220 e. The molecule has 2 heterocycles. The normalized spacial score (nSPS) is 12.2. The molecule has 0 N–H and O–H groups in total. The van der Waals surface area contributed by atoms with Crippen LogP contribution in [0.25, 0.3) is 0 Å². The van der Waals surface area contributed by atoms with E-state index in [0.717, 1.165) is 42.9 Å². The van der Waals surface area contributed by atoms with E-state index in [1.165, 1.54) is 0 Å². The van der Waals surface area contributed by atoms with E-state index in [4.69, 9.17) is 13.3 Å². The van der Waals surface area contributed by atoms with Gasteiger partial charge in [-0.05, 0) is 37.4 Å². The van der Waals surface area contributed by atoms with E-state index in [0.29, 0.717) is 0 Å². The molecule has 5 heteroatoms. The second-order valence-corrected chi connectivity index (χ2v) is 9.16. The standard InChI is InChI=1S/C16H25NO3Si/c1-4-17(5-2)14-21(18-3,12-15-8-6-10-19-15)13-16-9-7-11-20-16/h6-11H,4-5,12-14H2,1-3H3. The zero-order valence-electron chi connectivity index (χ0n) is 13.2. The van der Waals surface area contributed by atoms with E-state index in [1.54, 1.807) is 12.5 Å². The van der Waals surface area contributed by atoms with Crippen molar-refractivity contribution >= 4 is 8.32 Å². The first-order valence-electron chi connectivity index (χ1n) is 7.53. The number of furan rings is 2. The second kappa shape index (κ2) is 7.63. The molecule has 0 spiro atoms. The van der Waals surface area contributed by atoms with Crippen molar-refractivity contribution in [3.63, 3.8) is 0 Å². The molecule has 0 amide bonds. The molecule has 0 aliphatic carbocycles. The lowest BCUT2D eigenvalue weighted by Crippen LogP contribution is -2.53. The lowest BCUT2D eigenvalue weighted by Gasteiger charge is -2.33. The predicted octanol–water partition coefficient (Wildman–Crippen LogP) is 3.21. The Labute approximate surface area is 127 Å². The molecule has 0 fully saturated rings. The Bertz CT molecular complexity index is 455. The summed E-state index contributed by atoms with van der Waals surface area (Å²) in [4.78, 5) is 2.43. The molecule has 116 valence electrons. The summed E-state index contributed by atoms with van der Waals surface area (Å²) in [7, 11) is -0.210. The Kier molecular flexibility index (Phi) is 5.84. The molecule has 0 atom stereocenters. The van der Waals surface area contributed by atoms with Crippen molar-refractivity contribution < 1.29 is 13.3 Å². The van der Waals surface area contributed by atoms with Crippen molar-refractivity contribution in [3.8, 4) is 0 Å². The van der Waals surface area contributed by atoms with Gasteiger partial charge in [0.1, 0.15) is 11.5 Å². The van der Waals surface area contributed by atoms with E-state index in [2.05, 4.69) is 18.7 Å². The van der Waals surface area contributed by atoms with Crippen molar-refractivity contribution in [1.29, 1.82) is 0 Å². The third-order valence-electron chi connectivity index (χ3n) is 3.99. The highest BCUT2D eigenvalue weighted by molar-refractivity contribution is 6.72. The zero-order valence-corrected chi connectivity index (χ0v) is 14.2. The van der Waals surface area contributed by atoms with Gasteiger partial charge in [0.25, 0.3) is 0 Å². The monoisotopic (exact) mass is 307 g/mol. The highest BCUT2D eigenvalue weighted by Crippen LogP contribution is 2.20. The van der Waals surface area contributed by atoms with Crippen molar-refractivity contribution in [2.45, 2.75) is 25.9 Å². The van der Waals surface area contributed by atoms with Crippen molar-refractivity contribution in [2.24, 2.45) is 0 Å². The van der Waals surface area contributed by atoms with Crippen LogP contribution in [-0.4, -0.2) is 39.6 Å². The summed E-state index contributed by atoms with van der Waals surface area (Å²) in [5.74, 6) is 2.00. The van der Waals surface area contributed by atoms with Gasteiger partial charge in [0.05, 0.1) is 12.5 Å². The van der Waals surface area contributed by atoms with Crippen LogP contribution >= 0.6 is 0 Å². The van der Waals surface area contributed by atoms with E-state index < -0.39 is 8.32 Å². The van der Waals surface area contributed by atoms with Gasteiger partial charge in [0.15, 0.2) is 0 Å². The average molecular weight is 307 g/mol.